The Labute approximate surface area is 144 Å². The van der Waals surface area contributed by atoms with Crippen molar-refractivity contribution < 1.29 is 9.21 Å². The molecular weight excluding hydrogens is 320 g/mol. The lowest BCUT2D eigenvalue weighted by molar-refractivity contribution is 0.0621. The molecule has 1 saturated heterocycles. The molecule has 8 heteroatoms. The number of furan rings is 1. The van der Waals surface area contributed by atoms with E-state index in [1.165, 1.54) is 0 Å². The second kappa shape index (κ2) is 6.86. The minimum atomic E-state index is -0.00181. The van der Waals surface area contributed by atoms with E-state index < -0.39 is 0 Å². The van der Waals surface area contributed by atoms with Crippen LogP contribution in [0, 0.1) is 0 Å². The average molecular weight is 338 g/mol. The van der Waals surface area contributed by atoms with Crippen LogP contribution in [0.15, 0.2) is 47.1 Å². The summed E-state index contributed by atoms with van der Waals surface area (Å²) < 4.78 is 5.39. The smallest absolute Gasteiger partial charge is 0.254 e. The van der Waals surface area contributed by atoms with Gasteiger partial charge in [-0.15, -0.1) is 10.2 Å². The van der Waals surface area contributed by atoms with Crippen LogP contribution in [0.25, 0.3) is 11.4 Å². The third kappa shape index (κ3) is 3.29. The molecule has 128 valence electrons. The van der Waals surface area contributed by atoms with Crippen LogP contribution in [0.3, 0.4) is 0 Å². The summed E-state index contributed by atoms with van der Waals surface area (Å²) in [6.45, 7) is 3.77. The minimum absolute atomic E-state index is 0.00181. The normalized spacial score (nSPS) is 15.4. The summed E-state index contributed by atoms with van der Waals surface area (Å²) >= 11 is 0. The molecule has 0 bridgehead atoms. The summed E-state index contributed by atoms with van der Waals surface area (Å²) in [7, 11) is 0. The predicted molar refractivity (Wildman–Crippen MR) is 89.5 cm³/mol. The first-order chi connectivity index (χ1) is 12.3. The van der Waals surface area contributed by atoms with Gasteiger partial charge < -0.3 is 9.32 Å². The number of hydrogen-bond acceptors (Lipinski definition) is 6. The molecule has 2 aromatic heterocycles. The standard InChI is InChI=1S/C17H18N6O2/c24-17(15-6-2-1-5-14(15)16-18-20-21-19-16)23-9-7-22(8-10-23)12-13-4-3-11-25-13/h1-6,11H,7-10,12H2,(H,18,19,20,21). The maximum absolute atomic E-state index is 12.9. The molecule has 0 atom stereocenters. The van der Waals surface area contributed by atoms with Gasteiger partial charge in [0.15, 0.2) is 0 Å². The molecule has 1 aliphatic heterocycles. The Morgan fingerprint density at radius 1 is 1.12 bits per heavy atom. The molecular formula is C17H18N6O2. The molecule has 8 nitrogen and oxygen atoms in total. The van der Waals surface area contributed by atoms with E-state index >= 15 is 0 Å². The molecule has 1 aliphatic rings. The number of H-pyrrole nitrogens is 1. The number of piperazine rings is 1. The summed E-state index contributed by atoms with van der Waals surface area (Å²) in [5.41, 5.74) is 1.29. The molecule has 1 fully saturated rings. The molecule has 1 N–H and O–H groups in total. The van der Waals surface area contributed by atoms with E-state index in [4.69, 9.17) is 4.42 Å². The molecule has 0 spiro atoms. The van der Waals surface area contributed by atoms with Crippen LogP contribution in [0.5, 0.6) is 0 Å². The lowest BCUT2D eigenvalue weighted by Gasteiger charge is -2.34. The summed E-state index contributed by atoms with van der Waals surface area (Å²) in [5.74, 6) is 1.38. The lowest BCUT2D eigenvalue weighted by atomic mass is 10.1. The molecule has 3 heterocycles. The van der Waals surface area contributed by atoms with Gasteiger partial charge in [-0.1, -0.05) is 18.2 Å². The Bertz CT molecular complexity index is 823. The van der Waals surface area contributed by atoms with Crippen molar-refractivity contribution in [2.75, 3.05) is 26.2 Å². The first-order valence-electron chi connectivity index (χ1n) is 8.18. The summed E-state index contributed by atoms with van der Waals surface area (Å²) in [4.78, 5) is 17.1. The van der Waals surface area contributed by atoms with Crippen molar-refractivity contribution in [1.29, 1.82) is 0 Å². The highest BCUT2D eigenvalue weighted by Crippen LogP contribution is 2.21. The lowest BCUT2D eigenvalue weighted by Crippen LogP contribution is -2.48. The molecule has 0 aliphatic carbocycles. The highest BCUT2D eigenvalue weighted by atomic mass is 16.3. The van der Waals surface area contributed by atoms with Gasteiger partial charge in [0, 0.05) is 31.7 Å². The SMILES string of the molecule is O=C(c1ccccc1-c1nn[nH]n1)N1CCN(Cc2ccco2)CC1. The fourth-order valence-corrected chi connectivity index (χ4v) is 3.04. The maximum atomic E-state index is 12.9. The number of carbonyl (C=O) groups is 1. The third-order valence-corrected chi connectivity index (χ3v) is 4.36. The van der Waals surface area contributed by atoms with Gasteiger partial charge >= 0.3 is 0 Å². The van der Waals surface area contributed by atoms with Crippen LogP contribution in [0.4, 0.5) is 0 Å². The number of aromatic amines is 1. The van der Waals surface area contributed by atoms with Crippen LogP contribution >= 0.6 is 0 Å². The summed E-state index contributed by atoms with van der Waals surface area (Å²) in [5, 5.41) is 14.0. The van der Waals surface area contributed by atoms with Crippen LogP contribution in [-0.4, -0.2) is 62.5 Å². The number of amides is 1. The minimum Gasteiger partial charge on any atom is -0.468 e. The van der Waals surface area contributed by atoms with Crippen molar-refractivity contribution in [3.8, 4) is 11.4 Å². The van der Waals surface area contributed by atoms with Gasteiger partial charge in [-0.25, -0.2) is 0 Å². The summed E-state index contributed by atoms with van der Waals surface area (Å²) in [6, 6.07) is 11.2. The Morgan fingerprint density at radius 3 is 2.68 bits per heavy atom. The van der Waals surface area contributed by atoms with E-state index in [1.807, 2.05) is 41.3 Å². The zero-order chi connectivity index (χ0) is 17.1. The zero-order valence-electron chi connectivity index (χ0n) is 13.6. The third-order valence-electron chi connectivity index (χ3n) is 4.36. The van der Waals surface area contributed by atoms with E-state index in [2.05, 4.69) is 25.5 Å². The van der Waals surface area contributed by atoms with E-state index in [0.717, 1.165) is 25.4 Å². The first-order valence-corrected chi connectivity index (χ1v) is 8.18. The van der Waals surface area contributed by atoms with Gasteiger partial charge in [0.2, 0.25) is 5.82 Å². The largest absolute Gasteiger partial charge is 0.468 e. The monoisotopic (exact) mass is 338 g/mol. The Hall–Kier alpha value is -3.00. The quantitative estimate of drug-likeness (QED) is 0.773. The summed E-state index contributed by atoms with van der Waals surface area (Å²) in [6.07, 6.45) is 1.68. The van der Waals surface area contributed by atoms with Gasteiger partial charge in [-0.2, -0.15) is 5.21 Å². The number of nitrogens with zero attached hydrogens (tertiary/aromatic N) is 5. The number of aromatic nitrogens is 4. The topological polar surface area (TPSA) is 91.1 Å². The highest BCUT2D eigenvalue weighted by Gasteiger charge is 2.25. The molecule has 0 radical (unpaired) electrons. The molecule has 0 saturated carbocycles. The molecule has 4 rings (SSSR count). The van der Waals surface area contributed by atoms with Gasteiger partial charge in [0.1, 0.15) is 5.76 Å². The van der Waals surface area contributed by atoms with Crippen LogP contribution < -0.4 is 0 Å². The molecule has 3 aromatic rings. The highest BCUT2D eigenvalue weighted by molar-refractivity contribution is 6.00. The van der Waals surface area contributed by atoms with Crippen LogP contribution in [-0.2, 0) is 6.54 Å². The van der Waals surface area contributed by atoms with Crippen molar-refractivity contribution >= 4 is 5.91 Å². The second-order valence-electron chi connectivity index (χ2n) is 5.93. The van der Waals surface area contributed by atoms with Crippen molar-refractivity contribution in [2.45, 2.75) is 6.54 Å². The number of carbonyl (C=O) groups excluding carboxylic acids is 1. The molecule has 25 heavy (non-hydrogen) atoms. The van der Waals surface area contributed by atoms with Crippen molar-refractivity contribution in [3.63, 3.8) is 0 Å². The number of benzene rings is 1. The number of rotatable bonds is 4. The number of hydrogen-bond donors (Lipinski definition) is 1. The van der Waals surface area contributed by atoms with Gasteiger partial charge in [-0.3, -0.25) is 9.69 Å². The first kappa shape index (κ1) is 15.5. The fraction of sp³-hybridized carbons (Fsp3) is 0.294. The zero-order valence-corrected chi connectivity index (χ0v) is 13.6. The molecule has 1 aromatic carbocycles. The van der Waals surface area contributed by atoms with E-state index in [1.54, 1.807) is 6.26 Å². The molecule has 0 unspecified atom stereocenters. The van der Waals surface area contributed by atoms with Gasteiger partial charge in [0.05, 0.1) is 18.4 Å². The predicted octanol–water partition coefficient (Wildman–Crippen LogP) is 1.42. The van der Waals surface area contributed by atoms with Gasteiger partial charge in [0.25, 0.3) is 5.91 Å². The Morgan fingerprint density at radius 2 is 1.96 bits per heavy atom. The van der Waals surface area contributed by atoms with Crippen LogP contribution in [0.2, 0.25) is 0 Å². The molecule has 1 amide bonds. The maximum Gasteiger partial charge on any atom is 0.254 e. The van der Waals surface area contributed by atoms with Crippen molar-refractivity contribution in [2.24, 2.45) is 0 Å². The van der Waals surface area contributed by atoms with E-state index in [-0.39, 0.29) is 5.91 Å². The van der Waals surface area contributed by atoms with Gasteiger partial charge in [-0.05, 0) is 23.4 Å². The number of tetrazole rings is 1. The Kier molecular flexibility index (Phi) is 4.26. The average Bonchev–Trinajstić information content (AvgIpc) is 3.36. The van der Waals surface area contributed by atoms with E-state index in [9.17, 15) is 4.79 Å². The fourth-order valence-electron chi connectivity index (χ4n) is 3.04. The second-order valence-corrected chi connectivity index (χ2v) is 5.93. The van der Waals surface area contributed by atoms with Crippen LogP contribution in [0.1, 0.15) is 16.1 Å². The van der Waals surface area contributed by atoms with Crippen molar-refractivity contribution in [1.82, 2.24) is 30.4 Å². The van der Waals surface area contributed by atoms with E-state index in [0.29, 0.717) is 30.0 Å². The van der Waals surface area contributed by atoms with Crippen molar-refractivity contribution in [3.05, 3.63) is 54.0 Å². The Balaban J connectivity index is 1.44. The number of nitrogens with one attached hydrogen (secondary N) is 1.